The summed E-state index contributed by atoms with van der Waals surface area (Å²) in [5.41, 5.74) is 5.03. The number of aromatic nitrogens is 4. The lowest BCUT2D eigenvalue weighted by atomic mass is 9.72. The zero-order chi connectivity index (χ0) is 52.6. The minimum absolute atomic E-state index is 0.0320. The lowest BCUT2D eigenvalue weighted by molar-refractivity contribution is -0.121. The Labute approximate surface area is 463 Å². The molecule has 0 N–H and O–H groups in total. The number of Topliss-reactive ketones (excluding diaryl/α,β-unsaturated/α-hetero) is 8. The molecule has 10 aromatic rings. The van der Waals surface area contributed by atoms with Gasteiger partial charge < -0.3 is 0 Å². The SMILES string of the molecule is O=C1C(=Cc2cc3c4nsnc4c4cc(/C=C5\C(=O)c6ccc(C7CCC8C(=O)C(=Nc9cc%10c%11nsnc%11c%11cc(N=C%12C(=O)C%13CCCCC%13C%12=O)sc%11c%10s9)C(=O)C8C7)cc6C5=O)sc4c3s2)C(=O)c2ccccc21. The van der Waals surface area contributed by atoms with Gasteiger partial charge in [0.25, 0.3) is 0 Å². The molecule has 4 aromatic carbocycles. The molecule has 0 spiro atoms. The van der Waals surface area contributed by atoms with Crippen molar-refractivity contribution in [3.05, 3.63) is 115 Å². The molecule has 6 aliphatic carbocycles. The second kappa shape index (κ2) is 17.0. The van der Waals surface area contributed by atoms with Crippen LogP contribution >= 0.6 is 68.8 Å². The maximum absolute atomic E-state index is 14.3. The van der Waals surface area contributed by atoms with E-state index in [4.69, 9.17) is 4.99 Å². The summed E-state index contributed by atoms with van der Waals surface area (Å²) in [7, 11) is 0. The number of benzene rings is 4. The minimum atomic E-state index is -0.588. The topological polar surface area (TPSA) is 213 Å². The standard InChI is InChI=1S/C58H32N6O8S6/c65-47-25-5-1-2-6-26(25)48(66)37(47)17-23-15-33-41-42(62-77-61-41)34-16-24(74-56(34)55(33)73-23)18-38-49(67)29-11-9-21(13-31(29)50(38)68)22-10-12-30-32(14-22)54(72)46(53(30)71)60-40-20-36-44-43(63-78-64-44)35-19-39(75-57(35)58(36)76-40)59-45-51(69)27-7-3-4-8-28(27)52(45)70/h1-2,5-6,9,11,13,15-20,22,27-28,30,32H,3-4,7-8,10,12,14H2/b38-18+,59-45?,60-46?. The number of allylic oxidation sites excluding steroid dienone is 2. The summed E-state index contributed by atoms with van der Waals surface area (Å²) in [5.74, 6) is -4.10. The lowest BCUT2D eigenvalue weighted by Crippen LogP contribution is -2.26. The molecule has 0 amide bonds. The van der Waals surface area contributed by atoms with Crippen LogP contribution in [-0.4, -0.2) is 75.2 Å². The van der Waals surface area contributed by atoms with E-state index in [0.29, 0.717) is 96.2 Å². The third-order valence-electron chi connectivity index (χ3n) is 16.7. The number of rotatable bonds is 5. The van der Waals surface area contributed by atoms with Crippen LogP contribution in [0.25, 0.3) is 74.6 Å². The van der Waals surface area contributed by atoms with Crippen LogP contribution in [0.5, 0.6) is 0 Å². The van der Waals surface area contributed by atoms with E-state index in [2.05, 4.69) is 22.5 Å². The molecule has 6 aliphatic rings. The molecule has 78 heavy (non-hydrogen) atoms. The van der Waals surface area contributed by atoms with Gasteiger partial charge >= 0.3 is 0 Å². The van der Waals surface area contributed by atoms with Gasteiger partial charge in [0, 0.05) is 77.2 Å². The van der Waals surface area contributed by atoms with Crippen molar-refractivity contribution in [3.63, 3.8) is 0 Å². The summed E-state index contributed by atoms with van der Waals surface area (Å²) < 4.78 is 21.9. The predicted molar refractivity (Wildman–Crippen MR) is 306 cm³/mol. The molecule has 0 aliphatic heterocycles. The van der Waals surface area contributed by atoms with Gasteiger partial charge in [0.15, 0.2) is 57.7 Å². The van der Waals surface area contributed by atoms with E-state index in [1.807, 2.05) is 30.3 Å². The molecule has 6 aromatic heterocycles. The Morgan fingerprint density at radius 1 is 0.436 bits per heavy atom. The van der Waals surface area contributed by atoms with Crippen LogP contribution in [0.2, 0.25) is 0 Å². The van der Waals surface area contributed by atoms with E-state index < -0.39 is 11.8 Å². The molecule has 0 radical (unpaired) electrons. The highest BCUT2D eigenvalue weighted by molar-refractivity contribution is 7.31. The highest BCUT2D eigenvalue weighted by Crippen LogP contribution is 2.50. The van der Waals surface area contributed by atoms with Crippen LogP contribution in [-0.2, 0) is 19.2 Å². The summed E-state index contributed by atoms with van der Waals surface area (Å²) in [4.78, 5) is 121. The Balaban J connectivity index is 0.668. The molecule has 0 bridgehead atoms. The fourth-order valence-corrected chi connectivity index (χ4v) is 18.7. The van der Waals surface area contributed by atoms with Gasteiger partial charge in [0.2, 0.25) is 0 Å². The zero-order valence-corrected chi connectivity index (χ0v) is 45.1. The third-order valence-corrected chi connectivity index (χ3v) is 22.3. The van der Waals surface area contributed by atoms with Crippen LogP contribution in [0, 0.1) is 23.7 Å². The summed E-state index contributed by atoms with van der Waals surface area (Å²) in [6.07, 6.45) is 8.04. The van der Waals surface area contributed by atoms with Gasteiger partial charge in [-0.2, -0.15) is 17.5 Å². The Bertz CT molecular complexity index is 4660. The van der Waals surface area contributed by atoms with Crippen molar-refractivity contribution in [1.29, 1.82) is 0 Å². The Kier molecular flexibility index (Phi) is 10.2. The molecule has 16 rings (SSSR count). The average molecular weight is 1130 g/mol. The largest absolute Gasteiger partial charge is 0.292 e. The Morgan fingerprint density at radius 2 is 0.859 bits per heavy atom. The number of carbonyl (C=O) groups excluding carboxylic acids is 8. The van der Waals surface area contributed by atoms with Gasteiger partial charge in [0.05, 0.1) is 53.4 Å². The van der Waals surface area contributed by atoms with E-state index in [-0.39, 0.29) is 86.6 Å². The highest BCUT2D eigenvalue weighted by Gasteiger charge is 2.51. The van der Waals surface area contributed by atoms with E-state index in [0.717, 1.165) is 82.2 Å². The number of thiophene rings is 4. The van der Waals surface area contributed by atoms with Crippen molar-refractivity contribution in [2.45, 2.75) is 50.9 Å². The zero-order valence-electron chi connectivity index (χ0n) is 40.2. The quantitative estimate of drug-likeness (QED) is 0.116. The molecule has 0 saturated heterocycles. The number of nitrogens with zero attached hydrogens (tertiary/aromatic N) is 6. The Hall–Kier alpha value is -7.46. The number of carbonyl (C=O) groups is 8. The van der Waals surface area contributed by atoms with Gasteiger partial charge in [-0.3, -0.25) is 38.4 Å². The molecule has 6 heterocycles. The number of fused-ring (bicyclic) bond motifs is 16. The minimum Gasteiger partial charge on any atom is -0.292 e. The van der Waals surface area contributed by atoms with Crippen molar-refractivity contribution < 1.29 is 38.4 Å². The van der Waals surface area contributed by atoms with Crippen molar-refractivity contribution in [2.24, 2.45) is 33.7 Å². The van der Waals surface area contributed by atoms with E-state index in [1.54, 1.807) is 48.6 Å². The van der Waals surface area contributed by atoms with Crippen molar-refractivity contribution in [1.82, 2.24) is 17.5 Å². The molecule has 20 heteroatoms. The maximum atomic E-state index is 14.3. The summed E-state index contributed by atoms with van der Waals surface area (Å²) >= 11 is 7.71. The molecule has 14 nitrogen and oxygen atoms in total. The summed E-state index contributed by atoms with van der Waals surface area (Å²) in [5, 5.41) is 4.24. The molecule has 5 atom stereocenters. The first kappa shape index (κ1) is 46.6. The number of hydrogen-bond acceptors (Lipinski definition) is 20. The van der Waals surface area contributed by atoms with Gasteiger partial charge in [0.1, 0.15) is 32.1 Å². The molecular weight excluding hydrogens is 1100 g/mol. The van der Waals surface area contributed by atoms with Gasteiger partial charge in [-0.05, 0) is 86.1 Å². The van der Waals surface area contributed by atoms with E-state index >= 15 is 0 Å². The smallest absolute Gasteiger partial charge is 0.197 e. The Morgan fingerprint density at radius 3 is 1.36 bits per heavy atom. The normalized spacial score (nSPS) is 23.4. The molecular formula is C58H32N6O8S6. The van der Waals surface area contributed by atoms with Gasteiger partial charge in [-0.15, -0.1) is 45.3 Å². The summed E-state index contributed by atoms with van der Waals surface area (Å²) in [6, 6.07) is 19.7. The van der Waals surface area contributed by atoms with Crippen molar-refractivity contribution >= 4 is 211 Å². The van der Waals surface area contributed by atoms with Crippen LogP contribution in [0.15, 0.2) is 87.9 Å². The van der Waals surface area contributed by atoms with Gasteiger partial charge in [-0.1, -0.05) is 49.2 Å². The fraction of sp³-hybridized carbons (Fsp3) is 0.207. The second-order valence-electron chi connectivity index (χ2n) is 20.7. The average Bonchev–Trinajstić information content (AvgIpc) is 4.49. The van der Waals surface area contributed by atoms with Crippen LogP contribution in [0.3, 0.4) is 0 Å². The highest BCUT2D eigenvalue weighted by atomic mass is 32.1. The third kappa shape index (κ3) is 6.67. The van der Waals surface area contributed by atoms with Crippen LogP contribution in [0.1, 0.15) is 108 Å². The first-order valence-corrected chi connectivity index (χ1v) is 30.1. The first-order valence-electron chi connectivity index (χ1n) is 25.4. The predicted octanol–water partition coefficient (Wildman–Crippen LogP) is 12.9. The summed E-state index contributed by atoms with van der Waals surface area (Å²) in [6.45, 7) is 0. The van der Waals surface area contributed by atoms with Crippen LogP contribution < -0.4 is 0 Å². The molecule has 4 fully saturated rings. The fourth-order valence-electron chi connectivity index (χ4n) is 12.9. The van der Waals surface area contributed by atoms with Crippen molar-refractivity contribution in [2.75, 3.05) is 0 Å². The lowest BCUT2D eigenvalue weighted by Gasteiger charge is -2.30. The van der Waals surface area contributed by atoms with E-state index in [1.165, 1.54) is 45.3 Å². The molecule has 4 saturated carbocycles. The van der Waals surface area contributed by atoms with Crippen molar-refractivity contribution in [3.8, 4) is 0 Å². The maximum Gasteiger partial charge on any atom is 0.197 e. The monoisotopic (exact) mass is 1130 g/mol. The second-order valence-corrected chi connectivity index (χ2v) is 26.0. The first-order chi connectivity index (χ1) is 37.9. The van der Waals surface area contributed by atoms with Crippen LogP contribution in [0.4, 0.5) is 10.0 Å². The number of hydrogen-bond donors (Lipinski definition) is 0. The molecule has 378 valence electrons. The number of ketones is 8. The van der Waals surface area contributed by atoms with Gasteiger partial charge in [-0.25, -0.2) is 9.98 Å². The number of aliphatic imine (C=N–C) groups is 2. The van der Waals surface area contributed by atoms with E-state index in [9.17, 15) is 38.4 Å². The molecule has 5 unspecified atom stereocenters.